The average Bonchev–Trinajstić information content (AvgIpc) is 2.72. The lowest BCUT2D eigenvalue weighted by Gasteiger charge is -2.32. The monoisotopic (exact) mass is 291 g/mol. The molecule has 2 aliphatic heterocycles. The Morgan fingerprint density at radius 2 is 2.00 bits per heavy atom. The summed E-state index contributed by atoms with van der Waals surface area (Å²) in [5, 5.41) is 14.4. The third-order valence-electron chi connectivity index (χ3n) is 4.43. The lowest BCUT2D eigenvalue weighted by molar-refractivity contribution is 0.0329. The predicted octanol–water partition coefficient (Wildman–Crippen LogP) is 2.59. The normalized spacial score (nSPS) is 25.0. The van der Waals surface area contributed by atoms with Gasteiger partial charge in [0.2, 0.25) is 0 Å². The minimum Gasteiger partial charge on any atom is -0.490 e. The first kappa shape index (κ1) is 14.7. The molecule has 4 nitrogen and oxygen atoms in total. The lowest BCUT2D eigenvalue weighted by Crippen LogP contribution is -2.39. The quantitative estimate of drug-likeness (QED) is 0.899. The summed E-state index contributed by atoms with van der Waals surface area (Å²) >= 11 is 0. The van der Waals surface area contributed by atoms with Gasteiger partial charge in [0.05, 0.1) is 18.8 Å². The van der Waals surface area contributed by atoms with E-state index < -0.39 is 5.60 Å². The Bertz CT molecular complexity index is 481. The van der Waals surface area contributed by atoms with Gasteiger partial charge in [-0.3, -0.25) is 0 Å². The van der Waals surface area contributed by atoms with Crippen LogP contribution in [0.3, 0.4) is 0 Å². The van der Waals surface area contributed by atoms with E-state index in [-0.39, 0.29) is 0 Å². The number of hydrogen-bond acceptors (Lipinski definition) is 4. The van der Waals surface area contributed by atoms with E-state index in [0.717, 1.165) is 42.9 Å². The molecule has 1 saturated heterocycles. The van der Waals surface area contributed by atoms with E-state index in [4.69, 9.17) is 9.47 Å². The van der Waals surface area contributed by atoms with Gasteiger partial charge in [-0.15, -0.1) is 0 Å². The Kier molecular flexibility index (Phi) is 4.36. The Morgan fingerprint density at radius 1 is 1.19 bits per heavy atom. The highest BCUT2D eigenvalue weighted by Crippen LogP contribution is 2.36. The molecule has 2 unspecified atom stereocenters. The van der Waals surface area contributed by atoms with E-state index in [1.807, 2.05) is 25.1 Å². The third kappa shape index (κ3) is 3.50. The topological polar surface area (TPSA) is 50.7 Å². The van der Waals surface area contributed by atoms with Crippen LogP contribution in [-0.4, -0.2) is 30.9 Å². The van der Waals surface area contributed by atoms with Crippen LogP contribution >= 0.6 is 0 Å². The van der Waals surface area contributed by atoms with Crippen LogP contribution in [0.15, 0.2) is 18.2 Å². The number of nitrogens with one attached hydrogen (secondary N) is 1. The van der Waals surface area contributed by atoms with Crippen molar-refractivity contribution >= 4 is 0 Å². The van der Waals surface area contributed by atoms with Gasteiger partial charge in [0, 0.05) is 12.5 Å². The van der Waals surface area contributed by atoms with Crippen LogP contribution < -0.4 is 14.8 Å². The molecule has 1 aromatic carbocycles. The molecule has 0 radical (unpaired) electrons. The number of fused-ring (bicyclic) bond motifs is 1. The van der Waals surface area contributed by atoms with Gasteiger partial charge in [0.25, 0.3) is 0 Å². The number of aliphatic hydroxyl groups is 1. The molecule has 2 N–H and O–H groups in total. The molecule has 4 heteroatoms. The number of hydrogen-bond donors (Lipinski definition) is 2. The zero-order valence-electron chi connectivity index (χ0n) is 12.7. The Hall–Kier alpha value is -1.26. The smallest absolute Gasteiger partial charge is 0.161 e. The molecule has 2 heterocycles. The van der Waals surface area contributed by atoms with Crippen molar-refractivity contribution in [3.05, 3.63) is 23.8 Å². The van der Waals surface area contributed by atoms with Crippen LogP contribution in [0.25, 0.3) is 0 Å². The molecule has 0 saturated carbocycles. The predicted molar refractivity (Wildman–Crippen MR) is 81.9 cm³/mol. The fourth-order valence-electron chi connectivity index (χ4n) is 3.19. The minimum absolute atomic E-state index is 0.393. The Labute approximate surface area is 126 Å². The maximum absolute atomic E-state index is 10.9. The van der Waals surface area contributed by atoms with E-state index in [1.54, 1.807) is 0 Å². The summed E-state index contributed by atoms with van der Waals surface area (Å²) in [5.41, 5.74) is 0.0544. The highest BCUT2D eigenvalue weighted by atomic mass is 16.5. The first-order valence-electron chi connectivity index (χ1n) is 8.01. The summed E-state index contributed by atoms with van der Waals surface area (Å²) in [6, 6.07) is 6.20. The van der Waals surface area contributed by atoms with Crippen molar-refractivity contribution in [1.82, 2.24) is 5.32 Å². The van der Waals surface area contributed by atoms with Crippen LogP contribution in [-0.2, 0) is 5.60 Å². The molecule has 116 valence electrons. The third-order valence-corrected chi connectivity index (χ3v) is 4.43. The second-order valence-corrected chi connectivity index (χ2v) is 6.34. The molecule has 21 heavy (non-hydrogen) atoms. The van der Waals surface area contributed by atoms with Crippen molar-refractivity contribution in [3.63, 3.8) is 0 Å². The summed E-state index contributed by atoms with van der Waals surface area (Å²) in [7, 11) is 0. The zero-order valence-corrected chi connectivity index (χ0v) is 12.7. The highest BCUT2D eigenvalue weighted by molar-refractivity contribution is 5.45. The summed E-state index contributed by atoms with van der Waals surface area (Å²) in [5.74, 6) is 1.53. The van der Waals surface area contributed by atoms with Gasteiger partial charge < -0.3 is 19.9 Å². The molecule has 2 atom stereocenters. The molecule has 2 aliphatic rings. The Morgan fingerprint density at radius 3 is 2.76 bits per heavy atom. The van der Waals surface area contributed by atoms with Gasteiger partial charge in [0.1, 0.15) is 0 Å². The summed E-state index contributed by atoms with van der Waals surface area (Å²) in [6.07, 6.45) is 5.25. The second kappa shape index (κ2) is 6.24. The van der Waals surface area contributed by atoms with Crippen molar-refractivity contribution in [3.8, 4) is 11.5 Å². The molecule has 0 aromatic heterocycles. The van der Waals surface area contributed by atoms with E-state index >= 15 is 0 Å². The molecule has 0 bridgehead atoms. The molecule has 0 amide bonds. The molecule has 1 aromatic rings. The first-order chi connectivity index (χ1) is 10.1. The summed E-state index contributed by atoms with van der Waals surface area (Å²) in [4.78, 5) is 0. The minimum atomic E-state index is -0.848. The molecule has 0 spiro atoms. The van der Waals surface area contributed by atoms with Crippen molar-refractivity contribution in [2.24, 2.45) is 0 Å². The highest BCUT2D eigenvalue weighted by Gasteiger charge is 2.29. The summed E-state index contributed by atoms with van der Waals surface area (Å²) in [6.45, 7) is 4.31. The van der Waals surface area contributed by atoms with Gasteiger partial charge in [-0.2, -0.15) is 0 Å². The van der Waals surface area contributed by atoms with Gasteiger partial charge in [-0.25, -0.2) is 0 Å². The summed E-state index contributed by atoms with van der Waals surface area (Å²) < 4.78 is 11.4. The van der Waals surface area contributed by atoms with Crippen LogP contribution in [0.2, 0.25) is 0 Å². The molecular formula is C17H25NO3. The van der Waals surface area contributed by atoms with Gasteiger partial charge in [0.15, 0.2) is 11.5 Å². The standard InChI is InChI=1S/C17H25NO3/c1-17(19,12-14-5-2-3-8-18-14)13-6-7-15-16(11-13)21-10-4-9-20-15/h6-7,11,14,18-19H,2-5,8-10,12H2,1H3. The van der Waals surface area contributed by atoms with Crippen LogP contribution in [0.5, 0.6) is 11.5 Å². The SMILES string of the molecule is CC(O)(CC1CCCCN1)c1ccc2c(c1)OCCCO2. The van der Waals surface area contributed by atoms with Gasteiger partial charge in [-0.05, 0) is 50.4 Å². The fourth-order valence-corrected chi connectivity index (χ4v) is 3.19. The fraction of sp³-hybridized carbons (Fsp3) is 0.647. The van der Waals surface area contributed by atoms with Gasteiger partial charge >= 0.3 is 0 Å². The van der Waals surface area contributed by atoms with Crippen LogP contribution in [0.4, 0.5) is 0 Å². The zero-order chi connectivity index (χ0) is 14.7. The first-order valence-corrected chi connectivity index (χ1v) is 8.01. The maximum atomic E-state index is 10.9. The maximum Gasteiger partial charge on any atom is 0.161 e. The van der Waals surface area contributed by atoms with E-state index in [0.29, 0.717) is 19.3 Å². The Balaban J connectivity index is 1.76. The van der Waals surface area contributed by atoms with E-state index in [2.05, 4.69) is 5.32 Å². The number of ether oxygens (including phenoxy) is 2. The van der Waals surface area contributed by atoms with Crippen molar-refractivity contribution in [1.29, 1.82) is 0 Å². The van der Waals surface area contributed by atoms with Crippen molar-refractivity contribution < 1.29 is 14.6 Å². The molecule has 1 fully saturated rings. The average molecular weight is 291 g/mol. The second-order valence-electron chi connectivity index (χ2n) is 6.34. The molecular weight excluding hydrogens is 266 g/mol. The van der Waals surface area contributed by atoms with Crippen LogP contribution in [0.1, 0.15) is 44.6 Å². The lowest BCUT2D eigenvalue weighted by atomic mass is 9.86. The number of rotatable bonds is 3. The molecule has 3 rings (SSSR count). The van der Waals surface area contributed by atoms with E-state index in [9.17, 15) is 5.11 Å². The van der Waals surface area contributed by atoms with Crippen molar-refractivity contribution in [2.75, 3.05) is 19.8 Å². The molecule has 0 aliphatic carbocycles. The van der Waals surface area contributed by atoms with Crippen LogP contribution in [0, 0.1) is 0 Å². The van der Waals surface area contributed by atoms with E-state index in [1.165, 1.54) is 12.8 Å². The number of benzene rings is 1. The largest absolute Gasteiger partial charge is 0.490 e. The van der Waals surface area contributed by atoms with Crippen molar-refractivity contribution in [2.45, 2.75) is 50.7 Å². The number of piperidine rings is 1. The van der Waals surface area contributed by atoms with Gasteiger partial charge in [-0.1, -0.05) is 12.5 Å².